The van der Waals surface area contributed by atoms with Crippen LogP contribution in [0.1, 0.15) is 30.9 Å². The Morgan fingerprint density at radius 2 is 1.72 bits per heavy atom. The van der Waals surface area contributed by atoms with Gasteiger partial charge in [0.05, 0.1) is 23.2 Å². The van der Waals surface area contributed by atoms with Crippen molar-refractivity contribution in [3.05, 3.63) is 64.1 Å². The van der Waals surface area contributed by atoms with Crippen LogP contribution in [0.4, 0.5) is 18.9 Å². The van der Waals surface area contributed by atoms with Crippen molar-refractivity contribution in [3.63, 3.8) is 0 Å². The molecule has 2 amide bonds. The monoisotopic (exact) mass is 468 g/mol. The minimum absolute atomic E-state index is 0.179. The summed E-state index contributed by atoms with van der Waals surface area (Å²) in [6.45, 7) is 1.72. The second kappa shape index (κ2) is 8.18. The molecule has 2 aromatic carbocycles. The molecule has 2 aromatic rings. The summed E-state index contributed by atoms with van der Waals surface area (Å²) in [6, 6.07) is 12.3. The van der Waals surface area contributed by atoms with Crippen molar-refractivity contribution < 1.29 is 22.8 Å². The van der Waals surface area contributed by atoms with Gasteiger partial charge in [0.15, 0.2) is 0 Å². The smallest absolute Gasteiger partial charge is 0.333 e. The van der Waals surface area contributed by atoms with Gasteiger partial charge >= 0.3 is 6.18 Å². The van der Waals surface area contributed by atoms with Crippen LogP contribution in [0.25, 0.3) is 0 Å². The molecule has 0 atom stereocenters. The fourth-order valence-electron chi connectivity index (χ4n) is 3.35. The molecule has 0 aromatic heterocycles. The molecule has 0 bridgehead atoms. The number of para-hydroxylation sites is 1. The summed E-state index contributed by atoms with van der Waals surface area (Å²) in [5, 5.41) is 2.30. The minimum atomic E-state index is -4.58. The minimum Gasteiger partial charge on any atom is -0.333 e. The van der Waals surface area contributed by atoms with Crippen LogP contribution < -0.4 is 5.32 Å². The van der Waals surface area contributed by atoms with E-state index in [1.807, 2.05) is 24.3 Å². The highest BCUT2D eigenvalue weighted by Gasteiger charge is 2.53. The lowest BCUT2D eigenvalue weighted by Crippen LogP contribution is -2.43. The van der Waals surface area contributed by atoms with Crippen molar-refractivity contribution in [1.82, 2.24) is 4.90 Å². The van der Waals surface area contributed by atoms with Gasteiger partial charge < -0.3 is 10.2 Å². The van der Waals surface area contributed by atoms with E-state index in [0.717, 1.165) is 16.1 Å². The Balaban J connectivity index is 1.73. The molecule has 1 saturated carbocycles. The number of nitrogens with one attached hydrogen (secondary N) is 1. The molecular formula is C21H20BrF3N2O2. The van der Waals surface area contributed by atoms with Crippen LogP contribution in [-0.2, 0) is 21.2 Å². The topological polar surface area (TPSA) is 49.4 Å². The molecule has 154 valence electrons. The summed E-state index contributed by atoms with van der Waals surface area (Å²) in [7, 11) is 0. The van der Waals surface area contributed by atoms with E-state index in [1.54, 1.807) is 6.92 Å². The van der Waals surface area contributed by atoms with Crippen molar-refractivity contribution in [2.45, 2.75) is 31.4 Å². The third-order valence-corrected chi connectivity index (χ3v) is 5.59. The molecule has 3 rings (SSSR count). The largest absolute Gasteiger partial charge is 0.418 e. The van der Waals surface area contributed by atoms with E-state index in [9.17, 15) is 22.8 Å². The van der Waals surface area contributed by atoms with Crippen LogP contribution in [0.3, 0.4) is 0 Å². The molecule has 4 nitrogen and oxygen atoms in total. The maximum absolute atomic E-state index is 13.1. The maximum Gasteiger partial charge on any atom is 0.418 e. The van der Waals surface area contributed by atoms with Crippen LogP contribution in [0.2, 0.25) is 0 Å². The fourth-order valence-corrected chi connectivity index (χ4v) is 3.62. The summed E-state index contributed by atoms with van der Waals surface area (Å²) in [6.07, 6.45) is -3.21. The third-order valence-electron chi connectivity index (χ3n) is 5.07. The first-order chi connectivity index (χ1) is 13.7. The summed E-state index contributed by atoms with van der Waals surface area (Å²) in [5.74, 6) is -0.843. The number of alkyl halides is 3. The normalized spacial score (nSPS) is 14.9. The highest BCUT2D eigenvalue weighted by molar-refractivity contribution is 9.10. The van der Waals surface area contributed by atoms with E-state index < -0.39 is 23.1 Å². The summed E-state index contributed by atoms with van der Waals surface area (Å²) in [4.78, 5) is 26.9. The molecule has 1 fully saturated rings. The van der Waals surface area contributed by atoms with Crippen LogP contribution in [0, 0.1) is 0 Å². The predicted octanol–water partition coefficient (Wildman–Crippen LogP) is 4.99. The Hall–Kier alpha value is -2.35. The molecule has 29 heavy (non-hydrogen) atoms. The predicted molar refractivity (Wildman–Crippen MR) is 107 cm³/mol. The van der Waals surface area contributed by atoms with Gasteiger partial charge in [-0.15, -0.1) is 0 Å². The molecule has 1 aliphatic rings. The van der Waals surface area contributed by atoms with E-state index >= 15 is 0 Å². The molecule has 8 heteroatoms. The van der Waals surface area contributed by atoms with Gasteiger partial charge in [0.25, 0.3) is 0 Å². The Bertz CT molecular complexity index is 909. The number of nitrogens with zero attached hydrogens (tertiary/aromatic N) is 1. The van der Waals surface area contributed by atoms with Crippen molar-refractivity contribution in [2.24, 2.45) is 0 Å². The molecule has 1 aliphatic carbocycles. The van der Waals surface area contributed by atoms with Gasteiger partial charge in [-0.2, -0.15) is 13.2 Å². The average Bonchev–Trinajstić information content (AvgIpc) is 3.47. The Morgan fingerprint density at radius 1 is 1.10 bits per heavy atom. The lowest BCUT2D eigenvalue weighted by Gasteiger charge is -2.26. The maximum atomic E-state index is 13.1. The SMILES string of the molecule is CCN(CC(=O)Nc1ccccc1C(F)(F)F)C(=O)C1(c2ccc(Br)cc2)CC1. The first-order valence-corrected chi connectivity index (χ1v) is 9.98. The number of likely N-dealkylation sites (N-methyl/N-ethyl adjacent to an activating group) is 1. The van der Waals surface area contributed by atoms with Crippen molar-refractivity contribution in [1.29, 1.82) is 0 Å². The molecular weight excluding hydrogens is 449 g/mol. The number of benzene rings is 2. The molecule has 0 unspecified atom stereocenters. The van der Waals surface area contributed by atoms with Crippen LogP contribution in [0.5, 0.6) is 0 Å². The van der Waals surface area contributed by atoms with Gasteiger partial charge in [0.2, 0.25) is 11.8 Å². The molecule has 0 saturated heterocycles. The summed E-state index contributed by atoms with van der Waals surface area (Å²) < 4.78 is 40.3. The van der Waals surface area contributed by atoms with E-state index in [0.29, 0.717) is 12.8 Å². The van der Waals surface area contributed by atoms with E-state index in [2.05, 4.69) is 21.2 Å². The van der Waals surface area contributed by atoms with Crippen LogP contribution >= 0.6 is 15.9 Å². The fraction of sp³-hybridized carbons (Fsp3) is 0.333. The Morgan fingerprint density at radius 3 is 2.28 bits per heavy atom. The van der Waals surface area contributed by atoms with Gasteiger partial charge in [0, 0.05) is 11.0 Å². The third kappa shape index (κ3) is 4.63. The first kappa shape index (κ1) is 21.4. The van der Waals surface area contributed by atoms with Crippen molar-refractivity contribution in [2.75, 3.05) is 18.4 Å². The zero-order chi connectivity index (χ0) is 21.2. The number of anilines is 1. The standard InChI is InChI=1S/C21H20BrF3N2O2/c1-2-27(19(29)20(11-12-20)14-7-9-15(22)10-8-14)13-18(28)26-17-6-4-3-5-16(17)21(23,24)25/h3-10H,2,11-13H2,1H3,(H,26,28). The number of amides is 2. The number of rotatable bonds is 6. The quantitative estimate of drug-likeness (QED) is 0.649. The second-order valence-corrected chi connectivity index (χ2v) is 7.92. The average molecular weight is 469 g/mol. The zero-order valence-corrected chi connectivity index (χ0v) is 17.3. The van der Waals surface area contributed by atoms with Gasteiger partial charge in [-0.25, -0.2) is 0 Å². The lowest BCUT2D eigenvalue weighted by atomic mass is 9.94. The van der Waals surface area contributed by atoms with E-state index in [1.165, 1.54) is 23.1 Å². The number of hydrogen-bond acceptors (Lipinski definition) is 2. The Labute approximate surface area is 175 Å². The van der Waals surface area contributed by atoms with Crippen molar-refractivity contribution in [3.8, 4) is 0 Å². The molecule has 0 radical (unpaired) electrons. The molecule has 0 spiro atoms. The first-order valence-electron chi connectivity index (χ1n) is 9.19. The summed E-state index contributed by atoms with van der Waals surface area (Å²) in [5.41, 5.74) is -1.01. The van der Waals surface area contributed by atoms with Crippen molar-refractivity contribution >= 4 is 33.4 Å². The van der Waals surface area contributed by atoms with E-state index in [-0.39, 0.29) is 24.7 Å². The van der Waals surface area contributed by atoms with Gasteiger partial charge in [-0.1, -0.05) is 40.2 Å². The van der Waals surface area contributed by atoms with Gasteiger partial charge in [-0.3, -0.25) is 9.59 Å². The Kier molecular flexibility index (Phi) is 6.03. The molecule has 0 aliphatic heterocycles. The van der Waals surface area contributed by atoms with Gasteiger partial charge in [0.1, 0.15) is 0 Å². The number of carbonyl (C=O) groups is 2. The highest BCUT2D eigenvalue weighted by Crippen LogP contribution is 2.49. The highest BCUT2D eigenvalue weighted by atomic mass is 79.9. The van der Waals surface area contributed by atoms with Crippen LogP contribution in [-0.4, -0.2) is 29.8 Å². The lowest BCUT2D eigenvalue weighted by molar-refractivity contribution is -0.138. The van der Waals surface area contributed by atoms with Gasteiger partial charge in [-0.05, 0) is 49.6 Å². The second-order valence-electron chi connectivity index (χ2n) is 7.00. The zero-order valence-electron chi connectivity index (χ0n) is 15.7. The number of carbonyl (C=O) groups excluding carboxylic acids is 2. The molecule has 0 heterocycles. The molecule has 1 N–H and O–H groups in total. The van der Waals surface area contributed by atoms with Crippen LogP contribution in [0.15, 0.2) is 53.0 Å². The number of hydrogen-bond donors (Lipinski definition) is 1. The van der Waals surface area contributed by atoms with E-state index in [4.69, 9.17) is 0 Å². The summed E-state index contributed by atoms with van der Waals surface area (Å²) >= 11 is 3.37. The number of halogens is 4.